The summed E-state index contributed by atoms with van der Waals surface area (Å²) in [6.07, 6.45) is 1.59. The summed E-state index contributed by atoms with van der Waals surface area (Å²) in [5.41, 5.74) is 2.15. The van der Waals surface area contributed by atoms with Gasteiger partial charge in [-0.3, -0.25) is 4.79 Å². The number of ether oxygens (including phenoxy) is 3. The van der Waals surface area contributed by atoms with Gasteiger partial charge in [-0.1, -0.05) is 12.1 Å². The molecule has 150 valence electrons. The predicted molar refractivity (Wildman–Crippen MR) is 112 cm³/mol. The molecule has 0 atom stereocenters. The third-order valence-electron chi connectivity index (χ3n) is 4.27. The highest BCUT2D eigenvalue weighted by Crippen LogP contribution is 2.27. The first kappa shape index (κ1) is 20.0. The van der Waals surface area contributed by atoms with Crippen LogP contribution in [0.3, 0.4) is 0 Å². The second-order valence-electron chi connectivity index (χ2n) is 6.16. The zero-order valence-electron chi connectivity index (χ0n) is 16.6. The number of rotatable bonds is 8. The normalized spacial score (nSPS) is 10.2. The van der Waals surface area contributed by atoms with E-state index in [1.165, 1.54) is 0 Å². The van der Waals surface area contributed by atoms with E-state index in [0.29, 0.717) is 40.9 Å². The monoisotopic (exact) mass is 393 g/mol. The summed E-state index contributed by atoms with van der Waals surface area (Å²) < 4.78 is 15.7. The lowest BCUT2D eigenvalue weighted by Gasteiger charge is -2.11. The molecule has 2 aromatic carbocycles. The first-order chi connectivity index (χ1) is 14.1. The molecular formula is C22H23N3O4. The fourth-order valence-electron chi connectivity index (χ4n) is 2.76. The number of carbonyl (C=O) groups excluding carboxylic acids is 1. The van der Waals surface area contributed by atoms with Gasteiger partial charge in [-0.15, -0.1) is 0 Å². The lowest BCUT2D eigenvalue weighted by atomic mass is 10.2. The summed E-state index contributed by atoms with van der Waals surface area (Å²) in [5, 5.41) is 6.08. The number of amides is 1. The smallest absolute Gasteiger partial charge is 0.255 e. The topological polar surface area (TPSA) is 81.7 Å². The van der Waals surface area contributed by atoms with E-state index in [-0.39, 0.29) is 5.91 Å². The number of anilines is 2. The minimum atomic E-state index is -0.227. The quantitative estimate of drug-likeness (QED) is 0.603. The molecule has 3 aromatic rings. The maximum atomic E-state index is 12.6. The van der Waals surface area contributed by atoms with Crippen LogP contribution >= 0.6 is 0 Å². The molecule has 1 heterocycles. The van der Waals surface area contributed by atoms with E-state index in [9.17, 15) is 4.79 Å². The highest BCUT2D eigenvalue weighted by atomic mass is 16.5. The van der Waals surface area contributed by atoms with E-state index in [4.69, 9.17) is 14.2 Å². The van der Waals surface area contributed by atoms with Gasteiger partial charge in [0.15, 0.2) is 11.5 Å². The van der Waals surface area contributed by atoms with Crippen molar-refractivity contribution < 1.29 is 19.0 Å². The van der Waals surface area contributed by atoms with Crippen LogP contribution in [-0.4, -0.2) is 32.2 Å². The zero-order chi connectivity index (χ0) is 20.6. The van der Waals surface area contributed by atoms with Crippen LogP contribution in [0.15, 0.2) is 60.8 Å². The summed E-state index contributed by atoms with van der Waals surface area (Å²) in [5.74, 6) is 2.37. The maximum absolute atomic E-state index is 12.6. The molecule has 0 aliphatic carbocycles. The van der Waals surface area contributed by atoms with Gasteiger partial charge in [0.05, 0.1) is 21.3 Å². The Hall–Kier alpha value is -3.74. The molecule has 7 nitrogen and oxygen atoms in total. The Kier molecular flexibility index (Phi) is 6.52. The number of hydrogen-bond acceptors (Lipinski definition) is 6. The molecule has 3 rings (SSSR count). The highest BCUT2D eigenvalue weighted by molar-refractivity contribution is 6.04. The Morgan fingerprint density at radius 3 is 2.52 bits per heavy atom. The summed E-state index contributed by atoms with van der Waals surface area (Å²) in [6, 6.07) is 16.2. The van der Waals surface area contributed by atoms with Crippen LogP contribution in [0.5, 0.6) is 17.2 Å². The lowest BCUT2D eigenvalue weighted by Crippen LogP contribution is -2.13. The van der Waals surface area contributed by atoms with Crippen molar-refractivity contribution in [1.82, 2.24) is 4.98 Å². The maximum Gasteiger partial charge on any atom is 0.255 e. The summed E-state index contributed by atoms with van der Waals surface area (Å²) in [6.45, 7) is 0.522. The Morgan fingerprint density at radius 2 is 1.76 bits per heavy atom. The van der Waals surface area contributed by atoms with E-state index in [1.807, 2.05) is 30.3 Å². The van der Waals surface area contributed by atoms with Gasteiger partial charge in [-0.05, 0) is 42.0 Å². The predicted octanol–water partition coefficient (Wildman–Crippen LogP) is 3.97. The average molecular weight is 393 g/mol. The first-order valence-electron chi connectivity index (χ1n) is 8.99. The van der Waals surface area contributed by atoms with Crippen LogP contribution in [0, 0.1) is 0 Å². The van der Waals surface area contributed by atoms with E-state index in [2.05, 4.69) is 15.6 Å². The second kappa shape index (κ2) is 9.45. The molecule has 0 bridgehead atoms. The zero-order valence-corrected chi connectivity index (χ0v) is 16.6. The van der Waals surface area contributed by atoms with E-state index in [1.54, 1.807) is 51.8 Å². The van der Waals surface area contributed by atoms with Crippen molar-refractivity contribution in [2.45, 2.75) is 6.54 Å². The average Bonchev–Trinajstić information content (AvgIpc) is 2.77. The minimum absolute atomic E-state index is 0.227. The van der Waals surface area contributed by atoms with Gasteiger partial charge >= 0.3 is 0 Å². The molecule has 0 radical (unpaired) electrons. The number of nitrogens with zero attached hydrogens (tertiary/aromatic N) is 1. The number of aromatic nitrogens is 1. The minimum Gasteiger partial charge on any atom is -0.497 e. The van der Waals surface area contributed by atoms with Gasteiger partial charge in [0, 0.05) is 30.1 Å². The Labute approximate surface area is 169 Å². The molecule has 0 saturated heterocycles. The number of carbonyl (C=O) groups is 1. The van der Waals surface area contributed by atoms with Gasteiger partial charge in [0.1, 0.15) is 11.6 Å². The van der Waals surface area contributed by atoms with Crippen molar-refractivity contribution >= 4 is 17.4 Å². The van der Waals surface area contributed by atoms with Crippen molar-refractivity contribution in [1.29, 1.82) is 0 Å². The summed E-state index contributed by atoms with van der Waals surface area (Å²) in [7, 11) is 4.78. The number of nitrogens with one attached hydrogen (secondary N) is 2. The molecule has 2 N–H and O–H groups in total. The van der Waals surface area contributed by atoms with Crippen LogP contribution in [0.25, 0.3) is 0 Å². The van der Waals surface area contributed by atoms with Crippen LogP contribution in [0.1, 0.15) is 15.9 Å². The number of methoxy groups -OCH3 is 3. The molecule has 7 heteroatoms. The molecule has 29 heavy (non-hydrogen) atoms. The summed E-state index contributed by atoms with van der Waals surface area (Å²) in [4.78, 5) is 16.8. The van der Waals surface area contributed by atoms with Gasteiger partial charge in [0.25, 0.3) is 5.91 Å². The van der Waals surface area contributed by atoms with Crippen LogP contribution in [0.4, 0.5) is 11.5 Å². The fourth-order valence-corrected chi connectivity index (χ4v) is 2.76. The van der Waals surface area contributed by atoms with Crippen molar-refractivity contribution in [2.24, 2.45) is 0 Å². The molecule has 0 aliphatic rings. The van der Waals surface area contributed by atoms with Crippen LogP contribution in [0.2, 0.25) is 0 Å². The van der Waals surface area contributed by atoms with Gasteiger partial charge in [-0.25, -0.2) is 4.98 Å². The largest absolute Gasteiger partial charge is 0.497 e. The Morgan fingerprint density at radius 1 is 0.931 bits per heavy atom. The highest BCUT2D eigenvalue weighted by Gasteiger charge is 2.09. The van der Waals surface area contributed by atoms with Crippen molar-refractivity contribution in [2.75, 3.05) is 32.0 Å². The number of benzene rings is 2. The molecule has 0 spiro atoms. The van der Waals surface area contributed by atoms with Gasteiger partial charge in [-0.2, -0.15) is 0 Å². The molecule has 0 fully saturated rings. The van der Waals surface area contributed by atoms with E-state index in [0.717, 1.165) is 5.56 Å². The van der Waals surface area contributed by atoms with Crippen molar-refractivity contribution in [3.63, 3.8) is 0 Å². The Bertz CT molecular complexity index is 991. The van der Waals surface area contributed by atoms with Gasteiger partial charge in [0.2, 0.25) is 0 Å². The van der Waals surface area contributed by atoms with Crippen LogP contribution in [-0.2, 0) is 6.54 Å². The molecule has 0 unspecified atom stereocenters. The lowest BCUT2D eigenvalue weighted by molar-refractivity contribution is 0.102. The molecule has 1 aromatic heterocycles. The summed E-state index contributed by atoms with van der Waals surface area (Å²) >= 11 is 0. The van der Waals surface area contributed by atoms with Crippen molar-refractivity contribution in [3.8, 4) is 17.2 Å². The third-order valence-corrected chi connectivity index (χ3v) is 4.27. The third kappa shape index (κ3) is 5.16. The Balaban J connectivity index is 1.67. The first-order valence-corrected chi connectivity index (χ1v) is 8.99. The van der Waals surface area contributed by atoms with E-state index < -0.39 is 0 Å². The number of hydrogen-bond donors (Lipinski definition) is 2. The molecular weight excluding hydrogens is 370 g/mol. The van der Waals surface area contributed by atoms with E-state index >= 15 is 0 Å². The SMILES string of the molecule is COc1cccc(NC(=O)c2ccnc(NCc3ccc(OC)c(OC)c3)c2)c1. The molecule has 0 aliphatic heterocycles. The second-order valence-corrected chi connectivity index (χ2v) is 6.16. The van der Waals surface area contributed by atoms with Gasteiger partial charge < -0.3 is 24.8 Å². The molecule has 1 amide bonds. The van der Waals surface area contributed by atoms with Crippen LogP contribution < -0.4 is 24.8 Å². The number of pyridine rings is 1. The molecule has 0 saturated carbocycles. The van der Waals surface area contributed by atoms with Crippen molar-refractivity contribution in [3.05, 3.63) is 71.9 Å². The fraction of sp³-hybridized carbons (Fsp3) is 0.182. The standard InChI is InChI=1S/C22H23N3O4/c1-27-18-6-4-5-17(13-18)25-22(26)16-9-10-23-21(12-16)24-14-15-7-8-19(28-2)20(11-15)29-3/h4-13H,14H2,1-3H3,(H,23,24)(H,25,26).